The first-order valence-electron chi connectivity index (χ1n) is 8.76. The first-order chi connectivity index (χ1) is 14.0. The Hall–Kier alpha value is -3.09. The molecule has 4 rings (SSSR count). The molecule has 1 unspecified atom stereocenters. The predicted octanol–water partition coefficient (Wildman–Crippen LogP) is 5.04. The second-order valence-electron chi connectivity index (χ2n) is 6.37. The number of halogens is 1. The van der Waals surface area contributed by atoms with Crippen molar-refractivity contribution in [1.82, 2.24) is 0 Å². The van der Waals surface area contributed by atoms with Crippen LogP contribution < -0.4 is 9.64 Å². The zero-order chi connectivity index (χ0) is 20.5. The molecular weight excluding hydrogens is 410 g/mol. The first-order valence-corrected chi connectivity index (χ1v) is 10.0. The molecule has 1 saturated heterocycles. The molecule has 1 aliphatic rings. The Kier molecular flexibility index (Phi) is 5.13. The lowest BCUT2D eigenvalue weighted by Gasteiger charge is -2.24. The summed E-state index contributed by atoms with van der Waals surface area (Å²) in [5.74, 6) is -1.33. The molecule has 7 heteroatoms. The number of para-hydroxylation sites is 1. The van der Waals surface area contributed by atoms with E-state index in [1.54, 1.807) is 42.5 Å². The minimum absolute atomic E-state index is 0.0330. The van der Waals surface area contributed by atoms with Gasteiger partial charge in [0.2, 0.25) is 0 Å². The van der Waals surface area contributed by atoms with Crippen LogP contribution in [0.5, 0.6) is 5.75 Å². The monoisotopic (exact) mass is 425 g/mol. The van der Waals surface area contributed by atoms with Gasteiger partial charge in [0.1, 0.15) is 17.6 Å². The Balaban J connectivity index is 1.92. The van der Waals surface area contributed by atoms with E-state index in [1.807, 2.05) is 23.6 Å². The highest BCUT2D eigenvalue weighted by Gasteiger charge is 2.47. The van der Waals surface area contributed by atoms with E-state index in [0.717, 1.165) is 4.88 Å². The number of amides is 1. The molecule has 2 heterocycles. The fourth-order valence-corrected chi connectivity index (χ4v) is 4.38. The summed E-state index contributed by atoms with van der Waals surface area (Å²) in [5.41, 5.74) is 0.963. The molecule has 29 heavy (non-hydrogen) atoms. The number of hydrogen-bond acceptors (Lipinski definition) is 5. The van der Waals surface area contributed by atoms with Crippen molar-refractivity contribution in [1.29, 1.82) is 0 Å². The number of rotatable bonds is 4. The van der Waals surface area contributed by atoms with Gasteiger partial charge in [-0.05, 0) is 41.8 Å². The number of thiophene rings is 1. The molecular formula is C22H16ClNO4S. The summed E-state index contributed by atoms with van der Waals surface area (Å²) in [6, 6.07) is 16.6. The average molecular weight is 426 g/mol. The van der Waals surface area contributed by atoms with Gasteiger partial charge in [-0.15, -0.1) is 11.3 Å². The molecule has 0 spiro atoms. The van der Waals surface area contributed by atoms with E-state index in [1.165, 1.54) is 23.3 Å². The van der Waals surface area contributed by atoms with Gasteiger partial charge in [-0.25, -0.2) is 0 Å². The highest BCUT2D eigenvalue weighted by Crippen LogP contribution is 2.43. The Morgan fingerprint density at radius 1 is 1.10 bits per heavy atom. The molecule has 5 nitrogen and oxygen atoms in total. The van der Waals surface area contributed by atoms with Crippen molar-refractivity contribution in [2.45, 2.75) is 6.04 Å². The van der Waals surface area contributed by atoms with Crippen molar-refractivity contribution >= 4 is 46.1 Å². The van der Waals surface area contributed by atoms with E-state index < -0.39 is 17.7 Å². The molecule has 0 saturated carbocycles. The molecule has 146 valence electrons. The fraction of sp³-hybridized carbons (Fsp3) is 0.0909. The Morgan fingerprint density at radius 2 is 1.86 bits per heavy atom. The van der Waals surface area contributed by atoms with E-state index in [9.17, 15) is 14.7 Å². The molecule has 1 N–H and O–H groups in total. The maximum Gasteiger partial charge on any atom is 0.300 e. The van der Waals surface area contributed by atoms with Crippen LogP contribution in [0, 0.1) is 0 Å². The van der Waals surface area contributed by atoms with Crippen LogP contribution >= 0.6 is 22.9 Å². The third-order valence-electron chi connectivity index (χ3n) is 4.72. The highest BCUT2D eigenvalue weighted by atomic mass is 35.5. The number of benzene rings is 2. The van der Waals surface area contributed by atoms with Gasteiger partial charge in [-0.3, -0.25) is 14.5 Å². The molecule has 0 radical (unpaired) electrons. The first kappa shape index (κ1) is 19.2. The molecule has 1 amide bonds. The van der Waals surface area contributed by atoms with Gasteiger partial charge in [0.25, 0.3) is 11.7 Å². The lowest BCUT2D eigenvalue weighted by Crippen LogP contribution is -2.29. The third-order valence-corrected chi connectivity index (χ3v) is 5.95. The fourth-order valence-electron chi connectivity index (χ4n) is 3.37. The number of Topliss-reactive ketones (excluding diaryl/α,β-unsaturated/α-hetero) is 1. The van der Waals surface area contributed by atoms with E-state index in [4.69, 9.17) is 16.3 Å². The largest absolute Gasteiger partial charge is 0.507 e. The zero-order valence-electron chi connectivity index (χ0n) is 15.3. The number of carbonyl (C=O) groups is 2. The van der Waals surface area contributed by atoms with Crippen molar-refractivity contribution in [3.63, 3.8) is 0 Å². The van der Waals surface area contributed by atoms with Crippen LogP contribution in [0.15, 0.2) is 71.6 Å². The Labute approximate surface area is 176 Å². The number of methoxy groups -OCH3 is 1. The van der Waals surface area contributed by atoms with Crippen LogP contribution in [0.1, 0.15) is 16.5 Å². The number of ether oxygens (including phenoxy) is 1. The van der Waals surface area contributed by atoms with Crippen molar-refractivity contribution in [3.05, 3.63) is 87.1 Å². The molecule has 3 aromatic rings. The number of nitrogens with zero attached hydrogens (tertiary/aromatic N) is 1. The second kappa shape index (κ2) is 7.73. The average Bonchev–Trinajstić information content (AvgIpc) is 3.36. The third kappa shape index (κ3) is 3.30. The molecule has 0 aliphatic carbocycles. The molecule has 1 fully saturated rings. The quantitative estimate of drug-likeness (QED) is 0.361. The highest BCUT2D eigenvalue weighted by molar-refractivity contribution is 7.10. The topological polar surface area (TPSA) is 66.8 Å². The van der Waals surface area contributed by atoms with Gasteiger partial charge < -0.3 is 9.84 Å². The zero-order valence-corrected chi connectivity index (χ0v) is 16.9. The summed E-state index contributed by atoms with van der Waals surface area (Å²) in [4.78, 5) is 28.1. The van der Waals surface area contributed by atoms with E-state index in [0.29, 0.717) is 22.0 Å². The smallest absolute Gasteiger partial charge is 0.300 e. The molecule has 1 atom stereocenters. The van der Waals surface area contributed by atoms with E-state index in [2.05, 4.69) is 0 Å². The van der Waals surface area contributed by atoms with Crippen LogP contribution in [0.25, 0.3) is 5.76 Å². The maximum atomic E-state index is 13.0. The number of carbonyl (C=O) groups excluding carboxylic acids is 2. The summed E-state index contributed by atoms with van der Waals surface area (Å²) >= 11 is 7.49. The Morgan fingerprint density at radius 3 is 2.52 bits per heavy atom. The number of hydrogen-bond donors (Lipinski definition) is 1. The SMILES string of the molecule is COc1cc(/C(O)=C2/C(=O)C(=O)N(c3ccccc3)C2c2cccs2)ccc1Cl. The van der Waals surface area contributed by atoms with Gasteiger partial charge in [-0.2, -0.15) is 0 Å². The summed E-state index contributed by atoms with van der Waals surface area (Å²) in [6.45, 7) is 0. The second-order valence-corrected chi connectivity index (χ2v) is 7.76. The van der Waals surface area contributed by atoms with Crippen molar-refractivity contribution in [3.8, 4) is 5.75 Å². The molecule has 0 bridgehead atoms. The van der Waals surface area contributed by atoms with Crippen molar-refractivity contribution in [2.24, 2.45) is 0 Å². The van der Waals surface area contributed by atoms with Crippen LogP contribution in [-0.4, -0.2) is 23.9 Å². The maximum absolute atomic E-state index is 13.0. The summed E-state index contributed by atoms with van der Waals surface area (Å²) in [5, 5.41) is 13.3. The van der Waals surface area contributed by atoms with E-state index in [-0.39, 0.29) is 11.3 Å². The van der Waals surface area contributed by atoms with Crippen LogP contribution in [0.4, 0.5) is 5.69 Å². The summed E-state index contributed by atoms with van der Waals surface area (Å²) in [6.07, 6.45) is 0. The minimum atomic E-state index is -0.737. The van der Waals surface area contributed by atoms with Crippen LogP contribution in [-0.2, 0) is 9.59 Å². The molecule has 2 aromatic carbocycles. The van der Waals surface area contributed by atoms with Crippen LogP contribution in [0.3, 0.4) is 0 Å². The standard InChI is InChI=1S/C22H16ClNO4S/c1-28-16-12-13(9-10-15(16)23)20(25)18-19(17-8-5-11-29-17)24(22(27)21(18)26)14-6-3-2-4-7-14/h2-12,19,25H,1H3/b20-18-. The molecule has 1 aliphatic heterocycles. The number of aliphatic hydroxyl groups excluding tert-OH is 1. The molecule has 1 aromatic heterocycles. The van der Waals surface area contributed by atoms with Gasteiger partial charge >= 0.3 is 0 Å². The predicted molar refractivity (Wildman–Crippen MR) is 114 cm³/mol. The summed E-state index contributed by atoms with van der Waals surface area (Å²) in [7, 11) is 1.46. The summed E-state index contributed by atoms with van der Waals surface area (Å²) < 4.78 is 5.21. The lowest BCUT2D eigenvalue weighted by atomic mass is 9.99. The van der Waals surface area contributed by atoms with Gasteiger partial charge in [0.05, 0.1) is 17.7 Å². The number of aliphatic hydroxyl groups is 1. The van der Waals surface area contributed by atoms with Crippen molar-refractivity contribution < 1.29 is 19.4 Å². The van der Waals surface area contributed by atoms with Gasteiger partial charge in [0, 0.05) is 16.1 Å². The number of anilines is 1. The van der Waals surface area contributed by atoms with Gasteiger partial charge in [0.15, 0.2) is 0 Å². The van der Waals surface area contributed by atoms with Crippen molar-refractivity contribution in [2.75, 3.05) is 12.0 Å². The normalized spacial score (nSPS) is 18.3. The number of ketones is 1. The Bertz CT molecular complexity index is 1110. The van der Waals surface area contributed by atoms with E-state index >= 15 is 0 Å². The minimum Gasteiger partial charge on any atom is -0.507 e. The van der Waals surface area contributed by atoms with Gasteiger partial charge in [-0.1, -0.05) is 35.9 Å². The lowest BCUT2D eigenvalue weighted by molar-refractivity contribution is -0.132. The van der Waals surface area contributed by atoms with Crippen LogP contribution in [0.2, 0.25) is 5.02 Å².